The van der Waals surface area contributed by atoms with Crippen molar-refractivity contribution in [2.75, 3.05) is 6.61 Å². The zero-order valence-corrected chi connectivity index (χ0v) is 22.2. The molecule has 0 aliphatic carbocycles. The van der Waals surface area contributed by atoms with Crippen molar-refractivity contribution in [3.63, 3.8) is 0 Å². The first kappa shape index (κ1) is 28.0. The van der Waals surface area contributed by atoms with Crippen LogP contribution in [0.3, 0.4) is 0 Å². The molecule has 4 heteroatoms. The van der Waals surface area contributed by atoms with E-state index in [2.05, 4.69) is 20.0 Å². The highest BCUT2D eigenvalue weighted by Gasteiger charge is 2.26. The van der Waals surface area contributed by atoms with Crippen LogP contribution in [0.4, 0.5) is 0 Å². The van der Waals surface area contributed by atoms with Gasteiger partial charge in [-0.15, -0.1) is 0 Å². The Morgan fingerprint density at radius 3 is 1.52 bits per heavy atom. The average molecular weight is 451 g/mol. The summed E-state index contributed by atoms with van der Waals surface area (Å²) in [6.07, 6.45) is 19.5. The van der Waals surface area contributed by atoms with E-state index in [1.807, 2.05) is 38.1 Å². The summed E-state index contributed by atoms with van der Waals surface area (Å²) in [5, 5.41) is 0. The summed E-state index contributed by atoms with van der Waals surface area (Å²) in [5.41, 5.74) is 0. The van der Waals surface area contributed by atoms with E-state index in [0.29, 0.717) is 0 Å². The fourth-order valence-electron chi connectivity index (χ4n) is 3.79. The molecule has 31 heavy (non-hydrogen) atoms. The molecule has 180 valence electrons. The van der Waals surface area contributed by atoms with Gasteiger partial charge in [-0.1, -0.05) is 90.4 Å². The van der Waals surface area contributed by atoms with Gasteiger partial charge in [0, 0.05) is 6.61 Å². The van der Waals surface area contributed by atoms with Crippen LogP contribution >= 0.6 is 0 Å². The van der Waals surface area contributed by atoms with Crippen LogP contribution in [-0.4, -0.2) is 21.3 Å². The molecule has 0 spiro atoms. The van der Waals surface area contributed by atoms with E-state index in [1.54, 1.807) is 0 Å². The smallest absolute Gasteiger partial charge is 0.392 e. The normalized spacial score (nSPS) is 11.8. The van der Waals surface area contributed by atoms with E-state index in [1.165, 1.54) is 83.5 Å². The molecule has 1 aromatic rings. The lowest BCUT2D eigenvalue weighted by Crippen LogP contribution is -2.38. The predicted octanol–water partition coefficient (Wildman–Crippen LogP) is 9.05. The molecule has 0 heterocycles. The number of hydrogen-bond acceptors (Lipinski definition) is 3. The molecule has 0 fully saturated rings. The SMILES string of the molecule is CCCCCCCCCCCCCCCCO[Si](C)(C)Oc1ccc(OC(C)C)cc1. The van der Waals surface area contributed by atoms with E-state index < -0.39 is 8.56 Å². The highest BCUT2D eigenvalue weighted by Crippen LogP contribution is 2.22. The molecule has 0 bridgehead atoms. The highest BCUT2D eigenvalue weighted by atomic mass is 28.4. The molecule has 0 aliphatic heterocycles. The maximum atomic E-state index is 6.14. The van der Waals surface area contributed by atoms with Crippen molar-refractivity contribution in [1.29, 1.82) is 0 Å². The monoisotopic (exact) mass is 450 g/mol. The Hall–Kier alpha value is -1.00. The average Bonchev–Trinajstić information content (AvgIpc) is 2.72. The van der Waals surface area contributed by atoms with Gasteiger partial charge in [-0.2, -0.15) is 0 Å². The Labute approximate surface area is 194 Å². The molecule has 0 saturated heterocycles. The van der Waals surface area contributed by atoms with Crippen LogP contribution in [0.2, 0.25) is 13.1 Å². The van der Waals surface area contributed by atoms with Crippen molar-refractivity contribution in [3.05, 3.63) is 24.3 Å². The Morgan fingerprint density at radius 2 is 1.06 bits per heavy atom. The van der Waals surface area contributed by atoms with Crippen LogP contribution in [0.15, 0.2) is 24.3 Å². The highest BCUT2D eigenvalue weighted by molar-refractivity contribution is 6.65. The maximum absolute atomic E-state index is 6.14. The van der Waals surface area contributed by atoms with E-state index in [0.717, 1.165) is 24.5 Å². The van der Waals surface area contributed by atoms with Crippen LogP contribution in [0.5, 0.6) is 11.5 Å². The lowest BCUT2D eigenvalue weighted by atomic mass is 10.0. The number of ether oxygens (including phenoxy) is 1. The Morgan fingerprint density at radius 1 is 0.645 bits per heavy atom. The molecule has 0 N–H and O–H groups in total. The minimum atomic E-state index is -2.14. The lowest BCUT2D eigenvalue weighted by molar-refractivity contribution is 0.237. The predicted molar refractivity (Wildman–Crippen MR) is 137 cm³/mol. The van der Waals surface area contributed by atoms with Crippen molar-refractivity contribution in [3.8, 4) is 11.5 Å². The van der Waals surface area contributed by atoms with Crippen LogP contribution in [-0.2, 0) is 4.43 Å². The second-order valence-electron chi connectivity index (χ2n) is 9.58. The summed E-state index contributed by atoms with van der Waals surface area (Å²) >= 11 is 0. The fourth-order valence-corrected chi connectivity index (χ4v) is 5.18. The minimum absolute atomic E-state index is 0.186. The third-order valence-corrected chi connectivity index (χ3v) is 7.13. The zero-order chi connectivity index (χ0) is 22.8. The van der Waals surface area contributed by atoms with Crippen molar-refractivity contribution in [1.82, 2.24) is 0 Å². The van der Waals surface area contributed by atoms with Gasteiger partial charge in [0.15, 0.2) is 0 Å². The van der Waals surface area contributed by atoms with Gasteiger partial charge >= 0.3 is 8.56 Å². The summed E-state index contributed by atoms with van der Waals surface area (Å²) in [5.74, 6) is 1.75. The van der Waals surface area contributed by atoms with Crippen molar-refractivity contribution in [2.45, 2.75) is 130 Å². The first-order chi connectivity index (χ1) is 14.9. The third kappa shape index (κ3) is 16.3. The summed E-state index contributed by atoms with van der Waals surface area (Å²) in [6.45, 7) is 11.4. The van der Waals surface area contributed by atoms with Gasteiger partial charge in [-0.3, -0.25) is 0 Å². The first-order valence-electron chi connectivity index (χ1n) is 13.0. The van der Waals surface area contributed by atoms with E-state index >= 15 is 0 Å². The minimum Gasteiger partial charge on any atom is -0.520 e. The molecule has 0 atom stereocenters. The van der Waals surface area contributed by atoms with Crippen molar-refractivity contribution >= 4 is 8.56 Å². The van der Waals surface area contributed by atoms with Gasteiger partial charge in [-0.25, -0.2) is 0 Å². The molecule has 0 aromatic heterocycles. The van der Waals surface area contributed by atoms with E-state index in [4.69, 9.17) is 13.6 Å². The van der Waals surface area contributed by atoms with E-state index in [-0.39, 0.29) is 6.10 Å². The number of rotatable bonds is 20. The molecular weight excluding hydrogens is 400 g/mol. The molecule has 0 unspecified atom stereocenters. The zero-order valence-electron chi connectivity index (χ0n) is 21.2. The second-order valence-corrected chi connectivity index (χ2v) is 12.9. The van der Waals surface area contributed by atoms with Gasteiger partial charge < -0.3 is 13.6 Å². The number of unbranched alkanes of at least 4 members (excludes halogenated alkanes) is 13. The first-order valence-corrected chi connectivity index (χ1v) is 15.8. The largest absolute Gasteiger partial charge is 0.520 e. The van der Waals surface area contributed by atoms with Gasteiger partial charge in [-0.05, 0) is 57.6 Å². The Balaban J connectivity index is 1.97. The van der Waals surface area contributed by atoms with Crippen LogP contribution < -0.4 is 9.16 Å². The Kier molecular flexibility index (Phi) is 15.9. The van der Waals surface area contributed by atoms with Gasteiger partial charge in [0.1, 0.15) is 11.5 Å². The standard InChI is InChI=1S/C27H50O3Si/c1-6-7-8-9-10-11-12-13-14-15-16-17-18-19-24-28-31(4,5)30-27-22-20-26(21-23-27)29-25(2)3/h20-23,25H,6-19,24H2,1-5H3. The maximum Gasteiger partial charge on any atom is 0.392 e. The summed E-state index contributed by atoms with van der Waals surface area (Å²) in [7, 11) is -2.14. The van der Waals surface area contributed by atoms with Crippen LogP contribution in [0.25, 0.3) is 0 Å². The van der Waals surface area contributed by atoms with Crippen LogP contribution in [0, 0.1) is 0 Å². The molecule has 0 radical (unpaired) electrons. The molecular formula is C27H50O3Si. The van der Waals surface area contributed by atoms with Gasteiger partial charge in [0.2, 0.25) is 0 Å². The van der Waals surface area contributed by atoms with E-state index in [9.17, 15) is 0 Å². The lowest BCUT2D eigenvalue weighted by Gasteiger charge is -2.24. The number of hydrogen-bond donors (Lipinski definition) is 0. The second kappa shape index (κ2) is 17.5. The molecule has 0 saturated carbocycles. The summed E-state index contributed by atoms with van der Waals surface area (Å²) < 4.78 is 17.9. The molecule has 1 aromatic carbocycles. The summed E-state index contributed by atoms with van der Waals surface area (Å²) in [6, 6.07) is 7.88. The van der Waals surface area contributed by atoms with Gasteiger partial charge in [0.25, 0.3) is 0 Å². The van der Waals surface area contributed by atoms with Crippen LogP contribution in [0.1, 0.15) is 111 Å². The molecule has 1 rings (SSSR count). The molecule has 3 nitrogen and oxygen atoms in total. The van der Waals surface area contributed by atoms with Crippen molar-refractivity contribution < 1.29 is 13.6 Å². The third-order valence-electron chi connectivity index (χ3n) is 5.51. The fraction of sp³-hybridized carbons (Fsp3) is 0.778. The van der Waals surface area contributed by atoms with Gasteiger partial charge in [0.05, 0.1) is 6.10 Å². The number of benzene rings is 1. The summed E-state index contributed by atoms with van der Waals surface area (Å²) in [4.78, 5) is 0. The Bertz CT molecular complexity index is 528. The molecule has 0 aliphatic rings. The topological polar surface area (TPSA) is 27.7 Å². The quantitative estimate of drug-likeness (QED) is 0.146. The van der Waals surface area contributed by atoms with Crippen molar-refractivity contribution in [2.24, 2.45) is 0 Å². The molecule has 0 amide bonds.